The SMILES string of the molecule is COc1cc(O)c(-n2cc3ccccc3n2)c(OC)c1. The van der Waals surface area contributed by atoms with Crippen LogP contribution in [0.15, 0.2) is 42.6 Å². The number of aromatic nitrogens is 2. The van der Waals surface area contributed by atoms with Gasteiger partial charge in [-0.3, -0.25) is 0 Å². The van der Waals surface area contributed by atoms with Crippen molar-refractivity contribution in [2.75, 3.05) is 14.2 Å². The van der Waals surface area contributed by atoms with Crippen LogP contribution in [0.4, 0.5) is 0 Å². The summed E-state index contributed by atoms with van der Waals surface area (Å²) in [5.74, 6) is 1.07. The summed E-state index contributed by atoms with van der Waals surface area (Å²) in [6, 6.07) is 11.0. The summed E-state index contributed by atoms with van der Waals surface area (Å²) in [4.78, 5) is 0. The van der Waals surface area contributed by atoms with Crippen LogP contribution in [-0.2, 0) is 0 Å². The molecule has 0 aliphatic carbocycles. The Morgan fingerprint density at radius 3 is 2.60 bits per heavy atom. The highest BCUT2D eigenvalue weighted by Crippen LogP contribution is 2.36. The van der Waals surface area contributed by atoms with E-state index in [-0.39, 0.29) is 5.75 Å². The van der Waals surface area contributed by atoms with E-state index >= 15 is 0 Å². The standard InChI is InChI=1S/C15H14N2O3/c1-19-11-7-13(18)15(14(8-11)20-2)17-9-10-5-3-4-6-12(10)16-17/h3-9,18H,1-2H3. The molecule has 1 aromatic heterocycles. The number of hydrogen-bond donors (Lipinski definition) is 1. The Balaban J connectivity index is 2.22. The van der Waals surface area contributed by atoms with Gasteiger partial charge in [0.2, 0.25) is 0 Å². The molecule has 0 saturated heterocycles. The maximum atomic E-state index is 10.2. The van der Waals surface area contributed by atoms with Crippen LogP contribution in [0.25, 0.3) is 16.6 Å². The van der Waals surface area contributed by atoms with E-state index in [1.165, 1.54) is 13.2 Å². The molecule has 5 heteroatoms. The molecule has 1 N–H and O–H groups in total. The molecule has 0 spiro atoms. The lowest BCUT2D eigenvalue weighted by molar-refractivity contribution is 0.382. The van der Waals surface area contributed by atoms with Gasteiger partial charge >= 0.3 is 0 Å². The van der Waals surface area contributed by atoms with Crippen LogP contribution in [-0.4, -0.2) is 29.1 Å². The molecule has 0 amide bonds. The second-order valence-electron chi connectivity index (χ2n) is 4.33. The first-order valence-electron chi connectivity index (χ1n) is 6.12. The van der Waals surface area contributed by atoms with E-state index < -0.39 is 0 Å². The number of hydrogen-bond acceptors (Lipinski definition) is 4. The van der Waals surface area contributed by atoms with E-state index in [4.69, 9.17) is 9.47 Å². The molecule has 20 heavy (non-hydrogen) atoms. The molecule has 3 aromatic rings. The van der Waals surface area contributed by atoms with E-state index in [2.05, 4.69) is 5.10 Å². The number of ether oxygens (including phenoxy) is 2. The summed E-state index contributed by atoms with van der Waals surface area (Å²) in [5.41, 5.74) is 1.34. The van der Waals surface area contributed by atoms with Crippen LogP contribution in [0.5, 0.6) is 17.2 Å². The smallest absolute Gasteiger partial charge is 0.152 e. The number of aromatic hydroxyl groups is 1. The number of rotatable bonds is 3. The molecule has 0 fully saturated rings. The third kappa shape index (κ3) is 1.93. The average molecular weight is 270 g/mol. The third-order valence-electron chi connectivity index (χ3n) is 3.13. The lowest BCUT2D eigenvalue weighted by atomic mass is 10.2. The van der Waals surface area contributed by atoms with E-state index in [0.717, 1.165) is 10.9 Å². The highest BCUT2D eigenvalue weighted by atomic mass is 16.5. The van der Waals surface area contributed by atoms with Crippen molar-refractivity contribution in [3.05, 3.63) is 42.6 Å². The minimum absolute atomic E-state index is 0.0500. The first kappa shape index (κ1) is 12.3. The predicted octanol–water partition coefficient (Wildman–Crippen LogP) is 2.75. The van der Waals surface area contributed by atoms with Gasteiger partial charge < -0.3 is 14.6 Å². The zero-order chi connectivity index (χ0) is 14.1. The second kappa shape index (κ2) is 4.77. The van der Waals surface area contributed by atoms with Crippen molar-refractivity contribution in [1.82, 2.24) is 9.78 Å². The molecule has 0 aliphatic heterocycles. The van der Waals surface area contributed by atoms with Gasteiger partial charge in [-0.2, -0.15) is 5.10 Å². The molecule has 0 aliphatic rings. The monoisotopic (exact) mass is 270 g/mol. The van der Waals surface area contributed by atoms with Crippen molar-refractivity contribution in [1.29, 1.82) is 0 Å². The zero-order valence-electron chi connectivity index (χ0n) is 11.2. The Hall–Kier alpha value is -2.69. The average Bonchev–Trinajstić information content (AvgIpc) is 2.89. The molecule has 5 nitrogen and oxygen atoms in total. The summed E-state index contributed by atoms with van der Waals surface area (Å²) in [7, 11) is 3.08. The van der Waals surface area contributed by atoms with Gasteiger partial charge in [0.05, 0.1) is 19.7 Å². The van der Waals surface area contributed by atoms with Gasteiger partial charge in [-0.05, 0) is 6.07 Å². The molecule has 0 atom stereocenters. The van der Waals surface area contributed by atoms with Crippen molar-refractivity contribution >= 4 is 10.9 Å². The molecule has 3 rings (SSSR count). The van der Waals surface area contributed by atoms with Gasteiger partial charge in [0, 0.05) is 23.7 Å². The van der Waals surface area contributed by atoms with E-state index in [0.29, 0.717) is 17.2 Å². The lowest BCUT2D eigenvalue weighted by Crippen LogP contribution is -2.00. The molecule has 2 aromatic carbocycles. The fourth-order valence-electron chi connectivity index (χ4n) is 2.15. The normalized spacial score (nSPS) is 10.7. The molecule has 0 saturated carbocycles. The highest BCUT2D eigenvalue weighted by Gasteiger charge is 2.15. The van der Waals surface area contributed by atoms with Crippen LogP contribution >= 0.6 is 0 Å². The highest BCUT2D eigenvalue weighted by molar-refractivity contribution is 5.79. The quantitative estimate of drug-likeness (QED) is 0.795. The van der Waals surface area contributed by atoms with E-state index in [1.54, 1.807) is 17.9 Å². The van der Waals surface area contributed by atoms with Crippen molar-refractivity contribution in [2.45, 2.75) is 0 Å². The molecule has 0 bridgehead atoms. The van der Waals surface area contributed by atoms with Gasteiger partial charge in [-0.25, -0.2) is 4.68 Å². The van der Waals surface area contributed by atoms with Gasteiger partial charge in [0.1, 0.15) is 17.2 Å². The number of benzene rings is 2. The summed E-state index contributed by atoms with van der Waals surface area (Å²) in [6.07, 6.45) is 1.85. The van der Waals surface area contributed by atoms with Gasteiger partial charge in [-0.1, -0.05) is 18.2 Å². The largest absolute Gasteiger partial charge is 0.505 e. The van der Waals surface area contributed by atoms with Gasteiger partial charge in [0.25, 0.3) is 0 Å². The summed E-state index contributed by atoms with van der Waals surface area (Å²) < 4.78 is 12.0. The Morgan fingerprint density at radius 1 is 1.10 bits per heavy atom. The summed E-state index contributed by atoms with van der Waals surface area (Å²) in [5, 5.41) is 15.6. The minimum atomic E-state index is 0.0500. The number of phenolic OH excluding ortho intramolecular Hbond substituents is 1. The molecular weight excluding hydrogens is 256 g/mol. The predicted molar refractivity (Wildman–Crippen MR) is 75.8 cm³/mol. The topological polar surface area (TPSA) is 56.5 Å². The van der Waals surface area contributed by atoms with Gasteiger partial charge in [-0.15, -0.1) is 0 Å². The maximum Gasteiger partial charge on any atom is 0.152 e. The van der Waals surface area contributed by atoms with Crippen LogP contribution < -0.4 is 9.47 Å². The number of phenols is 1. The molecular formula is C15H14N2O3. The van der Waals surface area contributed by atoms with Crippen molar-refractivity contribution in [3.63, 3.8) is 0 Å². The Kier molecular flexibility index (Phi) is 2.95. The van der Waals surface area contributed by atoms with E-state index in [1.807, 2.05) is 30.5 Å². The summed E-state index contributed by atoms with van der Waals surface area (Å²) >= 11 is 0. The van der Waals surface area contributed by atoms with Crippen LogP contribution in [0.3, 0.4) is 0 Å². The number of fused-ring (bicyclic) bond motifs is 1. The molecule has 0 unspecified atom stereocenters. The fraction of sp³-hybridized carbons (Fsp3) is 0.133. The summed E-state index contributed by atoms with van der Waals surface area (Å²) in [6.45, 7) is 0. The van der Waals surface area contributed by atoms with Crippen molar-refractivity contribution < 1.29 is 14.6 Å². The van der Waals surface area contributed by atoms with Crippen molar-refractivity contribution in [2.24, 2.45) is 0 Å². The first-order valence-corrected chi connectivity index (χ1v) is 6.12. The van der Waals surface area contributed by atoms with Crippen molar-refractivity contribution in [3.8, 4) is 22.9 Å². The fourth-order valence-corrected chi connectivity index (χ4v) is 2.15. The van der Waals surface area contributed by atoms with E-state index in [9.17, 15) is 5.11 Å². The molecule has 102 valence electrons. The third-order valence-corrected chi connectivity index (χ3v) is 3.13. The first-order chi connectivity index (χ1) is 9.72. The lowest BCUT2D eigenvalue weighted by Gasteiger charge is -2.12. The van der Waals surface area contributed by atoms with Crippen LogP contribution in [0, 0.1) is 0 Å². The second-order valence-corrected chi connectivity index (χ2v) is 4.33. The number of methoxy groups -OCH3 is 2. The molecule has 1 heterocycles. The van der Waals surface area contributed by atoms with Crippen LogP contribution in [0.2, 0.25) is 0 Å². The zero-order valence-corrected chi connectivity index (χ0v) is 11.2. The Morgan fingerprint density at radius 2 is 1.90 bits per heavy atom. The number of nitrogens with zero attached hydrogens (tertiary/aromatic N) is 2. The van der Waals surface area contributed by atoms with Crippen LogP contribution in [0.1, 0.15) is 0 Å². The van der Waals surface area contributed by atoms with Gasteiger partial charge in [0.15, 0.2) is 5.75 Å². The molecule has 0 radical (unpaired) electrons. The Bertz CT molecular complexity index is 732. The maximum absolute atomic E-state index is 10.2. The minimum Gasteiger partial charge on any atom is -0.505 e. The Labute approximate surface area is 116 Å².